The van der Waals surface area contributed by atoms with Crippen molar-refractivity contribution in [3.05, 3.63) is 27.9 Å². The Labute approximate surface area is 111 Å². The van der Waals surface area contributed by atoms with Crippen molar-refractivity contribution in [3.63, 3.8) is 0 Å². The molecule has 19 heavy (non-hydrogen) atoms. The number of nitrogens with one attached hydrogen (secondary N) is 2. The Kier molecular flexibility index (Phi) is 3.10. The van der Waals surface area contributed by atoms with Crippen molar-refractivity contribution in [1.82, 2.24) is 10.3 Å². The van der Waals surface area contributed by atoms with Crippen LogP contribution in [-0.2, 0) is 0 Å². The maximum Gasteiger partial charge on any atom is 0.287 e. The number of hydrogen-bond acceptors (Lipinski definition) is 5. The van der Waals surface area contributed by atoms with Crippen molar-refractivity contribution in [1.29, 1.82) is 0 Å². The molecule has 2 bridgehead atoms. The molecule has 2 aliphatic rings. The number of hydrogen-bond donors (Lipinski definition) is 2. The molecule has 2 saturated heterocycles. The first-order chi connectivity index (χ1) is 9.11. The first kappa shape index (κ1) is 12.3. The van der Waals surface area contributed by atoms with Gasteiger partial charge < -0.3 is 10.6 Å². The van der Waals surface area contributed by atoms with Gasteiger partial charge in [-0.3, -0.25) is 10.1 Å². The molecule has 6 heteroatoms. The maximum absolute atomic E-state index is 10.7. The van der Waals surface area contributed by atoms with Crippen LogP contribution in [0.3, 0.4) is 0 Å². The van der Waals surface area contributed by atoms with Gasteiger partial charge in [0, 0.05) is 24.2 Å². The Morgan fingerprint density at radius 3 is 2.68 bits per heavy atom. The van der Waals surface area contributed by atoms with E-state index in [9.17, 15) is 10.1 Å². The van der Waals surface area contributed by atoms with E-state index in [1.54, 1.807) is 6.07 Å². The summed E-state index contributed by atoms with van der Waals surface area (Å²) in [5, 5.41) is 17.7. The van der Waals surface area contributed by atoms with E-state index in [0.717, 1.165) is 24.2 Å². The molecule has 2 fully saturated rings. The minimum Gasteiger partial charge on any atom is -0.367 e. The van der Waals surface area contributed by atoms with Crippen molar-refractivity contribution in [2.24, 2.45) is 0 Å². The number of nitrogens with zero attached hydrogens (tertiary/aromatic N) is 2. The number of nitro groups is 1. The summed E-state index contributed by atoms with van der Waals surface area (Å²) >= 11 is 0. The fraction of sp³-hybridized carbons (Fsp3) is 0.615. The zero-order valence-corrected chi connectivity index (χ0v) is 10.9. The highest BCUT2D eigenvalue weighted by Gasteiger charge is 2.33. The number of aryl methyl sites for hydroxylation is 1. The monoisotopic (exact) mass is 262 g/mol. The quantitative estimate of drug-likeness (QED) is 0.643. The normalized spacial score (nSPS) is 29.2. The first-order valence-electron chi connectivity index (χ1n) is 6.75. The molecule has 0 radical (unpaired) electrons. The van der Waals surface area contributed by atoms with Gasteiger partial charge in [0.25, 0.3) is 5.69 Å². The molecular weight excluding hydrogens is 244 g/mol. The van der Waals surface area contributed by atoms with Gasteiger partial charge in [0.2, 0.25) is 0 Å². The van der Waals surface area contributed by atoms with Crippen LogP contribution in [-0.4, -0.2) is 28.0 Å². The summed E-state index contributed by atoms with van der Waals surface area (Å²) in [5.41, 5.74) is 0.883. The summed E-state index contributed by atoms with van der Waals surface area (Å²) in [5.74, 6) is 0.775. The number of pyridine rings is 1. The third kappa shape index (κ3) is 2.53. The Bertz CT molecular complexity index is 493. The number of anilines is 1. The molecule has 2 aliphatic heterocycles. The highest BCUT2D eigenvalue weighted by molar-refractivity contribution is 5.49. The molecule has 1 aromatic heterocycles. The summed E-state index contributed by atoms with van der Waals surface area (Å²) in [7, 11) is 0. The Morgan fingerprint density at radius 1 is 1.42 bits per heavy atom. The third-order valence-corrected chi connectivity index (χ3v) is 4.09. The number of fused-ring (bicyclic) bond motifs is 2. The van der Waals surface area contributed by atoms with Crippen molar-refractivity contribution in [3.8, 4) is 0 Å². The van der Waals surface area contributed by atoms with Gasteiger partial charge in [0.15, 0.2) is 0 Å². The van der Waals surface area contributed by atoms with Crippen molar-refractivity contribution < 1.29 is 4.92 Å². The van der Waals surface area contributed by atoms with E-state index in [4.69, 9.17) is 0 Å². The van der Waals surface area contributed by atoms with Gasteiger partial charge in [-0.25, -0.2) is 4.98 Å². The van der Waals surface area contributed by atoms with Crippen LogP contribution in [0.15, 0.2) is 12.3 Å². The minimum absolute atomic E-state index is 0.0495. The van der Waals surface area contributed by atoms with E-state index in [1.807, 2.05) is 6.92 Å². The standard InChI is InChI=1S/C13H18N4O2/c1-8-4-12(17(18)19)7-14-13(8)16-11-5-9-2-3-10(6-11)15-9/h4,7,9-11,15H,2-3,5-6H2,1H3,(H,14,16). The van der Waals surface area contributed by atoms with Crippen molar-refractivity contribution >= 4 is 11.5 Å². The molecule has 0 amide bonds. The fourth-order valence-electron chi connectivity index (χ4n) is 3.18. The van der Waals surface area contributed by atoms with Gasteiger partial charge in [-0.15, -0.1) is 0 Å². The highest BCUT2D eigenvalue weighted by atomic mass is 16.6. The lowest BCUT2D eigenvalue weighted by atomic mass is 9.99. The molecule has 2 unspecified atom stereocenters. The zero-order valence-electron chi connectivity index (χ0n) is 10.9. The topological polar surface area (TPSA) is 80.1 Å². The van der Waals surface area contributed by atoms with Crippen molar-refractivity contribution in [2.75, 3.05) is 5.32 Å². The molecule has 0 aromatic carbocycles. The maximum atomic E-state index is 10.7. The summed E-state index contributed by atoms with van der Waals surface area (Å²) in [4.78, 5) is 14.5. The van der Waals surface area contributed by atoms with Gasteiger partial charge in [-0.2, -0.15) is 0 Å². The minimum atomic E-state index is -0.408. The van der Waals surface area contributed by atoms with Gasteiger partial charge in [-0.05, 0) is 38.2 Å². The average molecular weight is 262 g/mol. The van der Waals surface area contributed by atoms with Crippen LogP contribution >= 0.6 is 0 Å². The van der Waals surface area contributed by atoms with Gasteiger partial charge >= 0.3 is 0 Å². The Hall–Kier alpha value is -1.69. The predicted octanol–water partition coefficient (Wildman–Crippen LogP) is 1.99. The highest BCUT2D eigenvalue weighted by Crippen LogP contribution is 2.29. The second-order valence-electron chi connectivity index (χ2n) is 5.57. The smallest absolute Gasteiger partial charge is 0.287 e. The molecule has 0 saturated carbocycles. The molecule has 3 rings (SSSR count). The van der Waals surface area contributed by atoms with Crippen LogP contribution in [0.5, 0.6) is 0 Å². The summed E-state index contributed by atoms with van der Waals surface area (Å²) in [6.07, 6.45) is 6.05. The lowest BCUT2D eigenvalue weighted by Gasteiger charge is -2.30. The van der Waals surface area contributed by atoms with E-state index in [0.29, 0.717) is 18.1 Å². The molecule has 1 aromatic rings. The molecule has 102 valence electrons. The summed E-state index contributed by atoms with van der Waals surface area (Å²) in [6, 6.07) is 3.24. The van der Waals surface area contributed by atoms with E-state index >= 15 is 0 Å². The molecule has 0 aliphatic carbocycles. The van der Waals surface area contributed by atoms with Gasteiger partial charge in [0.05, 0.1) is 4.92 Å². The predicted molar refractivity (Wildman–Crippen MR) is 72.2 cm³/mol. The lowest BCUT2D eigenvalue weighted by molar-refractivity contribution is -0.385. The second-order valence-corrected chi connectivity index (χ2v) is 5.57. The SMILES string of the molecule is Cc1cc([N+](=O)[O-])cnc1NC1CC2CCC(C1)N2. The molecule has 2 N–H and O–H groups in total. The number of aromatic nitrogens is 1. The fourth-order valence-corrected chi connectivity index (χ4v) is 3.18. The van der Waals surface area contributed by atoms with E-state index in [1.165, 1.54) is 19.0 Å². The van der Waals surface area contributed by atoms with Gasteiger partial charge in [0.1, 0.15) is 12.0 Å². The number of rotatable bonds is 3. The average Bonchev–Trinajstić information content (AvgIpc) is 2.71. The van der Waals surface area contributed by atoms with Crippen LogP contribution in [0.1, 0.15) is 31.2 Å². The van der Waals surface area contributed by atoms with Crippen LogP contribution in [0, 0.1) is 17.0 Å². The zero-order chi connectivity index (χ0) is 13.4. The van der Waals surface area contributed by atoms with Crippen LogP contribution < -0.4 is 10.6 Å². The molecule has 2 atom stereocenters. The molecular formula is C13H18N4O2. The van der Waals surface area contributed by atoms with E-state index in [2.05, 4.69) is 15.6 Å². The van der Waals surface area contributed by atoms with Crippen molar-refractivity contribution in [2.45, 2.75) is 50.7 Å². The van der Waals surface area contributed by atoms with Crippen LogP contribution in [0.2, 0.25) is 0 Å². The van der Waals surface area contributed by atoms with Crippen LogP contribution in [0.4, 0.5) is 11.5 Å². The Balaban J connectivity index is 1.71. The molecule has 6 nitrogen and oxygen atoms in total. The van der Waals surface area contributed by atoms with Crippen LogP contribution in [0.25, 0.3) is 0 Å². The Morgan fingerprint density at radius 2 is 2.11 bits per heavy atom. The molecule has 0 spiro atoms. The first-order valence-corrected chi connectivity index (χ1v) is 6.75. The van der Waals surface area contributed by atoms with E-state index in [-0.39, 0.29) is 5.69 Å². The van der Waals surface area contributed by atoms with E-state index < -0.39 is 4.92 Å². The third-order valence-electron chi connectivity index (χ3n) is 4.09. The largest absolute Gasteiger partial charge is 0.367 e. The number of piperidine rings is 1. The summed E-state index contributed by atoms with van der Waals surface area (Å²) < 4.78 is 0. The summed E-state index contributed by atoms with van der Waals surface area (Å²) in [6.45, 7) is 1.86. The van der Waals surface area contributed by atoms with Gasteiger partial charge in [-0.1, -0.05) is 0 Å². The second kappa shape index (κ2) is 4.77. The lowest BCUT2D eigenvalue weighted by Crippen LogP contribution is -2.43. The molecule has 3 heterocycles.